The minimum atomic E-state index is -2.68. The van der Waals surface area contributed by atoms with Crippen molar-refractivity contribution in [3.63, 3.8) is 0 Å². The lowest BCUT2D eigenvalue weighted by atomic mass is 9.95. The SMILES string of the molecule is [2H]C([2H])([2H])C([2H])(C)Cc1ccc(-c2cc[n+](C)c(-c3c(C)ccc4c3oc3ncccc34)c2)cc1.[2H]C([2H])([2H])C([2H])(C)c1cc(-c2cc[n+](C)c(-c3c(C)ccc4c3oc3ncccc34)c2)ccc1F.[2H]C([2H])([2H])C([2H])(C)c1ccc(-c2cc[n+](C)c(-c3c(C)ccc4c3oc3ncccc34)c2)cc1.[2H]C([2H])([2H])C([2H])(C)c1cccc(-c2cc[n+](C)c(-c3c(C)ccc4c3oc3ncccc34)c2)c1. The second-order valence-electron chi connectivity index (χ2n) is 31.4. The third-order valence-corrected chi connectivity index (χ3v) is 22.9. The number of benzene rings is 8. The van der Waals surface area contributed by atoms with E-state index in [0.29, 0.717) is 39.5 Å². The quantitative estimate of drug-likeness (QED) is 0.105. The minimum absolute atomic E-state index is 0.161. The van der Waals surface area contributed by atoms with Crippen LogP contribution in [0.1, 0.15) is 139 Å². The molecule has 4 atom stereocenters. The Hall–Kier alpha value is -13.9. The first-order valence-electron chi connectivity index (χ1n) is 48.4. The van der Waals surface area contributed by atoms with Gasteiger partial charge in [0.2, 0.25) is 45.6 Å². The van der Waals surface area contributed by atoms with Crippen LogP contribution in [0.2, 0.25) is 0 Å². The summed E-state index contributed by atoms with van der Waals surface area (Å²) in [6.45, 7) is 3.94. The number of aromatic nitrogens is 8. The first-order chi connectivity index (χ1) is 65.2. The van der Waals surface area contributed by atoms with Gasteiger partial charge in [-0.3, -0.25) is 0 Å². The van der Waals surface area contributed by atoms with E-state index >= 15 is 0 Å². The third kappa shape index (κ3) is 15.7. The molecule has 0 spiro atoms. The van der Waals surface area contributed by atoms with E-state index in [4.69, 9.17) is 39.6 Å². The van der Waals surface area contributed by atoms with Crippen LogP contribution in [0.15, 0.2) is 304 Å². The number of hydrogen-bond acceptors (Lipinski definition) is 8. The summed E-state index contributed by atoms with van der Waals surface area (Å²) in [6.07, 6.45) is 15.0. The van der Waals surface area contributed by atoms with Gasteiger partial charge in [0.25, 0.3) is 0 Å². The Morgan fingerprint density at radius 3 is 1.01 bits per heavy atom. The Bertz CT molecular complexity index is 8130. The number of aryl methyl sites for hydroxylation is 8. The molecule has 0 saturated heterocycles. The van der Waals surface area contributed by atoms with Gasteiger partial charge in [0, 0.05) is 138 Å². The maximum Gasteiger partial charge on any atom is 0.227 e. The monoisotopic (exact) mass is 1620 g/mol. The van der Waals surface area contributed by atoms with Gasteiger partial charge in [-0.1, -0.05) is 182 Å². The number of furan rings is 4. The highest BCUT2D eigenvalue weighted by Gasteiger charge is 2.28. The molecule has 8 aromatic carbocycles. The lowest BCUT2D eigenvalue weighted by Gasteiger charge is -2.11. The summed E-state index contributed by atoms with van der Waals surface area (Å²) in [6, 6.07) is 75.1. The predicted molar refractivity (Wildman–Crippen MR) is 494 cm³/mol. The van der Waals surface area contributed by atoms with Gasteiger partial charge in [-0.05, 0) is 207 Å². The van der Waals surface area contributed by atoms with Gasteiger partial charge in [-0.2, -0.15) is 0 Å². The second kappa shape index (κ2) is 33.7. The fraction of sp³-hybridized carbons (Fsp3) is 0.193. The topological polar surface area (TPSA) is 120 Å². The van der Waals surface area contributed by atoms with Crippen LogP contribution in [-0.2, 0) is 34.6 Å². The molecule has 0 aliphatic carbocycles. The highest BCUT2D eigenvalue weighted by atomic mass is 19.1. The maximum absolute atomic E-state index is 14.7. The largest absolute Gasteiger partial charge is 0.437 e. The Kier molecular flexibility index (Phi) is 17.5. The number of nitrogens with zero attached hydrogens (tertiary/aromatic N) is 8. The molecule has 12 nitrogen and oxygen atoms in total. The van der Waals surface area contributed by atoms with Crippen molar-refractivity contribution >= 4 is 88.3 Å². The highest BCUT2D eigenvalue weighted by Crippen LogP contribution is 2.43. The van der Waals surface area contributed by atoms with Crippen molar-refractivity contribution in [3.05, 3.63) is 336 Å². The van der Waals surface area contributed by atoms with Gasteiger partial charge in [0.05, 0.1) is 22.3 Å². The van der Waals surface area contributed by atoms with Gasteiger partial charge in [0.15, 0.2) is 47.1 Å². The van der Waals surface area contributed by atoms with Crippen LogP contribution < -0.4 is 18.3 Å². The molecule has 12 heterocycles. The molecule has 0 amide bonds. The first-order valence-corrected chi connectivity index (χ1v) is 40.4. The van der Waals surface area contributed by atoms with E-state index in [1.165, 1.54) is 39.8 Å². The van der Waals surface area contributed by atoms with E-state index in [1.54, 1.807) is 55.1 Å². The molecule has 122 heavy (non-hydrogen) atoms. The first kappa shape index (κ1) is 63.2. The van der Waals surface area contributed by atoms with Crippen molar-refractivity contribution in [2.75, 3.05) is 0 Å². The Morgan fingerprint density at radius 2 is 0.648 bits per heavy atom. The van der Waals surface area contributed by atoms with Crippen LogP contribution in [0.4, 0.5) is 4.39 Å². The summed E-state index contributed by atoms with van der Waals surface area (Å²) in [5.74, 6) is -7.69. The Morgan fingerprint density at radius 1 is 0.320 bits per heavy atom. The van der Waals surface area contributed by atoms with Gasteiger partial charge >= 0.3 is 0 Å². The van der Waals surface area contributed by atoms with Crippen LogP contribution in [-0.4, -0.2) is 19.9 Å². The maximum atomic E-state index is 14.7. The fourth-order valence-corrected chi connectivity index (χ4v) is 16.3. The van der Waals surface area contributed by atoms with Gasteiger partial charge < -0.3 is 17.7 Å². The smallest absolute Gasteiger partial charge is 0.227 e. The van der Waals surface area contributed by atoms with E-state index in [9.17, 15) is 4.39 Å². The number of pyridine rings is 8. The molecule has 0 aliphatic heterocycles. The predicted octanol–water partition coefficient (Wildman–Crippen LogP) is 26.5. The summed E-state index contributed by atoms with van der Waals surface area (Å²) in [5, 5.41) is 7.94. The standard InChI is InChI=1S/C28H27N2O.C27H24FN2O.2C27H25N2O/c1-18(2)16-20-8-10-21(11-9-20)22-13-15-30(4)25(17-22)26-19(3)7-12-23-24-6-5-14-29-28(24)31-27(23)26;1-16(2)22-14-18(8-10-23(22)28)19-11-13-30(4)24(15-19)25-17(3)7-9-20-21-6-5-12-29-27(21)31-26(20)25;1-17(2)19-7-5-8-20(15-19)21-12-14-29(4)24(16-21)25-18(3)10-11-22-23-9-6-13-28-27(23)30-26(22)25;1-17(2)19-8-10-20(11-9-19)21-13-15-29(4)24(16-21)25-18(3)7-12-22-23-6-5-14-28-27(23)30-26(22)25/h5-15,17-18H,16H2,1-4H3;5-16H,1-4H3;2*5-17H,1-4H3/q4*+1/i1D3,18D;1D3,16D;2*1D3,17D. The van der Waals surface area contributed by atoms with Crippen LogP contribution in [0, 0.1) is 39.4 Å². The van der Waals surface area contributed by atoms with Crippen molar-refractivity contribution < 1.29 is 62.3 Å². The average molecular weight is 1620 g/mol. The minimum Gasteiger partial charge on any atom is -0.437 e. The molecule has 0 saturated carbocycles. The molecule has 20 aromatic rings. The number of halogens is 1. The zero-order valence-corrected chi connectivity index (χ0v) is 69.9. The molecular formula is C109H101FN8O4+4. The van der Waals surface area contributed by atoms with E-state index in [0.717, 1.165) is 177 Å². The molecule has 0 N–H and O–H groups in total. The van der Waals surface area contributed by atoms with E-state index in [-0.39, 0.29) is 12.0 Å². The highest BCUT2D eigenvalue weighted by molar-refractivity contribution is 6.12. The Balaban J connectivity index is 0.000000127. The zero-order chi connectivity index (χ0) is 98.6. The molecule has 13 heteroatoms. The van der Waals surface area contributed by atoms with E-state index in [2.05, 4.69) is 111 Å². The molecule has 12 aromatic heterocycles. The zero-order valence-electron chi connectivity index (χ0n) is 85.9. The summed E-state index contributed by atoms with van der Waals surface area (Å²) < 4.78 is 174. The third-order valence-electron chi connectivity index (χ3n) is 22.9. The molecule has 0 radical (unpaired) electrons. The van der Waals surface area contributed by atoms with Crippen molar-refractivity contribution in [3.8, 4) is 89.5 Å². The molecule has 604 valence electrons. The normalized spacial score (nSPS) is 15.9. The average Bonchev–Trinajstić information content (AvgIpc) is 1.72. The van der Waals surface area contributed by atoms with Crippen molar-refractivity contribution in [2.24, 2.45) is 34.1 Å². The molecule has 0 fully saturated rings. The van der Waals surface area contributed by atoms with Gasteiger partial charge in [-0.25, -0.2) is 42.6 Å². The Labute approximate surface area is 734 Å². The molecular weight excluding hydrogens is 1500 g/mol. The summed E-state index contributed by atoms with van der Waals surface area (Å²) >= 11 is 0. The fourth-order valence-electron chi connectivity index (χ4n) is 16.3. The van der Waals surface area contributed by atoms with Gasteiger partial charge in [0.1, 0.15) is 34.0 Å². The lowest BCUT2D eigenvalue weighted by molar-refractivity contribution is -0.660. The van der Waals surface area contributed by atoms with Crippen LogP contribution >= 0.6 is 0 Å². The molecule has 0 bridgehead atoms. The number of fused-ring (bicyclic) bond motifs is 12. The van der Waals surface area contributed by atoms with Crippen LogP contribution in [0.5, 0.6) is 0 Å². The van der Waals surface area contributed by atoms with Crippen molar-refractivity contribution in [1.29, 1.82) is 0 Å². The summed E-state index contributed by atoms with van der Waals surface area (Å²) in [7, 11) is 7.95. The van der Waals surface area contributed by atoms with E-state index < -0.39 is 56.8 Å². The lowest BCUT2D eigenvalue weighted by Crippen LogP contribution is -2.30. The molecule has 0 aliphatic rings. The number of rotatable bonds is 13. The second-order valence-corrected chi connectivity index (χ2v) is 31.4. The van der Waals surface area contributed by atoms with Crippen LogP contribution in [0.25, 0.3) is 178 Å². The van der Waals surface area contributed by atoms with Crippen molar-refractivity contribution in [2.45, 2.75) is 107 Å². The molecule has 20 rings (SSSR count). The van der Waals surface area contributed by atoms with Crippen molar-refractivity contribution in [1.82, 2.24) is 19.9 Å². The summed E-state index contributed by atoms with van der Waals surface area (Å²) in [4.78, 5) is 17.5. The number of hydrogen-bond donors (Lipinski definition) is 0. The summed E-state index contributed by atoms with van der Waals surface area (Å²) in [5.41, 5.74) is 26.5. The molecule has 4 unspecified atom stereocenters. The van der Waals surface area contributed by atoms with Crippen LogP contribution in [0.3, 0.4) is 0 Å². The van der Waals surface area contributed by atoms with Gasteiger partial charge in [-0.15, -0.1) is 0 Å². The van der Waals surface area contributed by atoms with E-state index in [1.807, 2.05) is 202 Å².